The highest BCUT2D eigenvalue weighted by Gasteiger charge is 2.37. The van der Waals surface area contributed by atoms with E-state index in [9.17, 15) is 13.2 Å². The van der Waals surface area contributed by atoms with Gasteiger partial charge < -0.3 is 0 Å². The van der Waals surface area contributed by atoms with Crippen LogP contribution in [-0.2, 0) is 0 Å². The molecule has 0 N–H and O–H groups in total. The standard InChI is InChI=1S/C11H14F3NS/c1-16(2,3)15-10(11(12,13)14)9-7-5-4-6-8-9/h4-8H,1-3H3/b15-10+. The Balaban J connectivity index is 3.24. The largest absolute Gasteiger partial charge is 0.434 e. The van der Waals surface area contributed by atoms with Crippen LogP contribution in [0.2, 0.25) is 0 Å². The second-order valence-corrected chi connectivity index (χ2v) is 7.80. The molecule has 0 aromatic heterocycles. The van der Waals surface area contributed by atoms with Gasteiger partial charge in [0.25, 0.3) is 0 Å². The molecule has 0 unspecified atom stereocenters. The van der Waals surface area contributed by atoms with Crippen LogP contribution in [-0.4, -0.2) is 30.7 Å². The summed E-state index contributed by atoms with van der Waals surface area (Å²) < 4.78 is 42.3. The zero-order valence-electron chi connectivity index (χ0n) is 9.38. The van der Waals surface area contributed by atoms with Crippen molar-refractivity contribution in [2.75, 3.05) is 18.8 Å². The molecule has 1 rings (SSSR count). The lowest BCUT2D eigenvalue weighted by Crippen LogP contribution is -2.24. The molecule has 0 fully saturated rings. The lowest BCUT2D eigenvalue weighted by atomic mass is 10.1. The zero-order chi connectivity index (χ0) is 12.4. The number of halogens is 3. The van der Waals surface area contributed by atoms with Gasteiger partial charge in [-0.1, -0.05) is 30.3 Å². The topological polar surface area (TPSA) is 12.4 Å². The fourth-order valence-corrected chi connectivity index (χ4v) is 1.89. The molecule has 0 atom stereocenters. The Morgan fingerprint density at radius 3 is 1.94 bits per heavy atom. The lowest BCUT2D eigenvalue weighted by Gasteiger charge is -2.22. The Hall–Kier alpha value is -0.970. The van der Waals surface area contributed by atoms with E-state index in [1.807, 2.05) is 0 Å². The summed E-state index contributed by atoms with van der Waals surface area (Å²) in [5, 5.41) is 0. The van der Waals surface area contributed by atoms with Crippen LogP contribution in [0.1, 0.15) is 5.56 Å². The van der Waals surface area contributed by atoms with E-state index in [4.69, 9.17) is 0 Å². The summed E-state index contributed by atoms with van der Waals surface area (Å²) in [6.45, 7) is 0. The molecule has 0 radical (unpaired) electrons. The molecule has 0 saturated heterocycles. The summed E-state index contributed by atoms with van der Waals surface area (Å²) in [4.78, 5) is 0. The first kappa shape index (κ1) is 13.1. The molecule has 1 aromatic carbocycles. The highest BCUT2D eigenvalue weighted by atomic mass is 32.3. The first-order valence-electron chi connectivity index (χ1n) is 4.61. The number of benzene rings is 1. The Morgan fingerprint density at radius 1 is 1.06 bits per heavy atom. The first-order valence-corrected chi connectivity index (χ1v) is 7.42. The third-order valence-corrected chi connectivity index (χ3v) is 2.41. The summed E-state index contributed by atoms with van der Waals surface area (Å²) in [5.41, 5.74) is -0.659. The van der Waals surface area contributed by atoms with Crippen LogP contribution in [0.5, 0.6) is 0 Å². The summed E-state index contributed by atoms with van der Waals surface area (Å²) >= 11 is 0. The Morgan fingerprint density at radius 2 is 1.56 bits per heavy atom. The lowest BCUT2D eigenvalue weighted by molar-refractivity contribution is -0.0578. The molecule has 0 aliphatic rings. The maximum Gasteiger partial charge on any atom is 0.434 e. The molecule has 0 spiro atoms. The van der Waals surface area contributed by atoms with E-state index >= 15 is 0 Å². The Kier molecular flexibility index (Phi) is 3.68. The smallest absolute Gasteiger partial charge is 0.233 e. The normalized spacial score (nSPS) is 15.0. The number of rotatable bonds is 2. The number of hydrogen-bond acceptors (Lipinski definition) is 1. The second-order valence-electron chi connectivity index (χ2n) is 4.08. The first-order chi connectivity index (χ1) is 7.20. The van der Waals surface area contributed by atoms with Crippen LogP contribution in [0.25, 0.3) is 0 Å². The van der Waals surface area contributed by atoms with E-state index in [1.165, 1.54) is 12.1 Å². The van der Waals surface area contributed by atoms with E-state index in [-0.39, 0.29) is 5.56 Å². The van der Waals surface area contributed by atoms with E-state index in [2.05, 4.69) is 4.40 Å². The number of hydrogen-bond donors (Lipinski definition) is 0. The number of alkyl halides is 3. The second kappa shape index (κ2) is 4.49. The third kappa shape index (κ3) is 3.89. The average molecular weight is 249 g/mol. The third-order valence-electron chi connectivity index (χ3n) is 1.68. The Labute approximate surface area is 94.8 Å². The summed E-state index contributed by atoms with van der Waals surface area (Å²) in [6, 6.07) is 7.69. The van der Waals surface area contributed by atoms with Gasteiger partial charge in [0, 0.05) is 5.56 Å². The molecular weight excluding hydrogens is 235 g/mol. The molecule has 0 aliphatic carbocycles. The maximum atomic E-state index is 12.8. The monoisotopic (exact) mass is 249 g/mol. The minimum absolute atomic E-state index is 0.123. The van der Waals surface area contributed by atoms with Gasteiger partial charge in [0.05, 0.1) is 0 Å². The number of nitrogens with zero attached hydrogens (tertiary/aromatic N) is 1. The van der Waals surface area contributed by atoms with E-state index in [1.54, 1.807) is 37.0 Å². The predicted octanol–water partition coefficient (Wildman–Crippen LogP) is 3.65. The molecule has 16 heavy (non-hydrogen) atoms. The molecule has 1 aromatic rings. The SMILES string of the molecule is CS(C)(C)/N=C(\c1ccccc1)C(F)(F)F. The molecule has 1 nitrogen and oxygen atoms in total. The van der Waals surface area contributed by atoms with Gasteiger partial charge in [-0.25, -0.2) is 4.40 Å². The van der Waals surface area contributed by atoms with Gasteiger partial charge in [0.2, 0.25) is 0 Å². The minimum Gasteiger partial charge on any atom is -0.233 e. The van der Waals surface area contributed by atoms with Crippen LogP contribution in [0.15, 0.2) is 34.7 Å². The fourth-order valence-electron chi connectivity index (χ4n) is 1.14. The highest BCUT2D eigenvalue weighted by Crippen LogP contribution is 2.39. The molecule has 0 saturated carbocycles. The van der Waals surface area contributed by atoms with E-state index in [0.29, 0.717) is 0 Å². The van der Waals surface area contributed by atoms with Crippen molar-refractivity contribution in [2.24, 2.45) is 4.40 Å². The zero-order valence-corrected chi connectivity index (χ0v) is 10.2. The maximum absolute atomic E-state index is 12.8. The van der Waals surface area contributed by atoms with Crippen molar-refractivity contribution >= 4 is 15.9 Å². The molecule has 90 valence electrons. The molecule has 0 heterocycles. The fraction of sp³-hybridized carbons (Fsp3) is 0.364. The van der Waals surface area contributed by atoms with Crippen molar-refractivity contribution in [3.63, 3.8) is 0 Å². The molecule has 0 bridgehead atoms. The quantitative estimate of drug-likeness (QED) is 0.709. The highest BCUT2D eigenvalue weighted by molar-refractivity contribution is 8.31. The van der Waals surface area contributed by atoms with Crippen LogP contribution in [0.4, 0.5) is 13.2 Å². The van der Waals surface area contributed by atoms with Crippen molar-refractivity contribution in [1.82, 2.24) is 0 Å². The van der Waals surface area contributed by atoms with Gasteiger partial charge in [-0.2, -0.15) is 23.4 Å². The van der Waals surface area contributed by atoms with Crippen molar-refractivity contribution in [2.45, 2.75) is 6.18 Å². The molecular formula is C11H14F3NS. The molecule has 5 heteroatoms. The van der Waals surface area contributed by atoms with Crippen LogP contribution in [0.3, 0.4) is 0 Å². The van der Waals surface area contributed by atoms with Gasteiger partial charge in [0.15, 0.2) is 5.71 Å². The predicted molar refractivity (Wildman–Crippen MR) is 64.4 cm³/mol. The summed E-state index contributed by atoms with van der Waals surface area (Å²) in [7, 11) is -1.59. The van der Waals surface area contributed by atoms with Crippen LogP contribution < -0.4 is 0 Å². The van der Waals surface area contributed by atoms with Gasteiger partial charge in [-0.15, -0.1) is 0 Å². The van der Waals surface area contributed by atoms with E-state index < -0.39 is 22.1 Å². The Bertz CT molecular complexity index is 376. The van der Waals surface area contributed by atoms with Gasteiger partial charge in [-0.05, 0) is 18.8 Å². The van der Waals surface area contributed by atoms with Gasteiger partial charge in [-0.3, -0.25) is 0 Å². The van der Waals surface area contributed by atoms with Crippen molar-refractivity contribution in [3.05, 3.63) is 35.9 Å². The van der Waals surface area contributed by atoms with Crippen molar-refractivity contribution in [3.8, 4) is 0 Å². The molecule has 0 amide bonds. The van der Waals surface area contributed by atoms with Gasteiger partial charge in [0.1, 0.15) is 0 Å². The average Bonchev–Trinajstić information content (AvgIpc) is 2.13. The van der Waals surface area contributed by atoms with Crippen LogP contribution in [0, 0.1) is 0 Å². The minimum atomic E-state index is -4.40. The summed E-state index contributed by atoms with van der Waals surface area (Å²) in [6.07, 6.45) is 0.771. The van der Waals surface area contributed by atoms with Crippen molar-refractivity contribution in [1.29, 1.82) is 0 Å². The van der Waals surface area contributed by atoms with Gasteiger partial charge >= 0.3 is 6.18 Å². The van der Waals surface area contributed by atoms with Crippen molar-refractivity contribution < 1.29 is 13.2 Å². The van der Waals surface area contributed by atoms with Crippen LogP contribution >= 0.6 is 10.2 Å². The molecule has 0 aliphatic heterocycles. The van der Waals surface area contributed by atoms with E-state index in [0.717, 1.165) is 0 Å². The summed E-state index contributed by atoms with van der Waals surface area (Å²) in [5.74, 6) is 0.